The number of nitrogens with one attached hydrogen (secondary N) is 3. The van der Waals surface area contributed by atoms with Gasteiger partial charge < -0.3 is 20.3 Å². The highest BCUT2D eigenvalue weighted by atomic mass is 16.3. The largest absolute Gasteiger partial charge is 0.508 e. The number of carbonyl (C=O) groups excluding carboxylic acids is 2. The van der Waals surface area contributed by atoms with Crippen molar-refractivity contribution in [2.24, 2.45) is 5.41 Å². The molecular formula is C23H25N5O4. The maximum Gasteiger partial charge on any atom is 0.325 e. The smallest absolute Gasteiger partial charge is 0.325 e. The average molecular weight is 435 g/mol. The molecule has 9 nitrogen and oxygen atoms in total. The minimum absolute atomic E-state index is 0.0621. The summed E-state index contributed by atoms with van der Waals surface area (Å²) in [6.07, 6.45) is 5.60. The number of likely N-dealkylation sites (tertiary alicyclic amines) is 1. The molecule has 1 spiro atoms. The highest BCUT2D eigenvalue weighted by Crippen LogP contribution is 2.50. The Morgan fingerprint density at radius 1 is 1.28 bits per heavy atom. The van der Waals surface area contributed by atoms with Gasteiger partial charge in [0.1, 0.15) is 5.75 Å². The minimum atomic E-state index is -0.377. The maximum absolute atomic E-state index is 13.4. The monoisotopic (exact) mass is 435 g/mol. The van der Waals surface area contributed by atoms with Crippen LogP contribution in [-0.2, 0) is 0 Å². The summed E-state index contributed by atoms with van der Waals surface area (Å²) in [5.41, 5.74) is 2.25. The zero-order valence-electron chi connectivity index (χ0n) is 17.8. The second kappa shape index (κ2) is 7.51. The number of hydrogen-bond acceptors (Lipinski definition) is 5. The van der Waals surface area contributed by atoms with Crippen LogP contribution in [0.5, 0.6) is 5.75 Å². The number of nitrogens with zero attached hydrogens (tertiary/aromatic N) is 2. The lowest BCUT2D eigenvalue weighted by atomic mass is 9.67. The number of fused-ring (bicyclic) bond motifs is 1. The number of hydrogen-bond donors (Lipinski definition) is 4. The molecule has 2 amide bonds. The van der Waals surface area contributed by atoms with Crippen molar-refractivity contribution >= 4 is 23.0 Å². The number of pyridine rings is 1. The number of aromatic amines is 2. The van der Waals surface area contributed by atoms with Crippen LogP contribution in [0.1, 0.15) is 52.0 Å². The first-order valence-electron chi connectivity index (χ1n) is 10.8. The molecule has 4 N–H and O–H groups in total. The van der Waals surface area contributed by atoms with Crippen LogP contribution in [-0.4, -0.2) is 55.9 Å². The zero-order valence-corrected chi connectivity index (χ0v) is 17.8. The average Bonchev–Trinajstić information content (AvgIpc) is 3.32. The molecule has 1 aromatic carbocycles. The van der Waals surface area contributed by atoms with E-state index in [-0.39, 0.29) is 34.7 Å². The molecule has 1 aliphatic heterocycles. The molecule has 3 heterocycles. The summed E-state index contributed by atoms with van der Waals surface area (Å²) >= 11 is 0. The summed E-state index contributed by atoms with van der Waals surface area (Å²) in [4.78, 5) is 48.7. The van der Waals surface area contributed by atoms with Gasteiger partial charge in [-0.2, -0.15) is 0 Å². The Balaban J connectivity index is 1.34. The van der Waals surface area contributed by atoms with E-state index in [1.807, 2.05) is 11.8 Å². The number of aromatic nitrogens is 3. The third kappa shape index (κ3) is 3.53. The molecule has 0 bridgehead atoms. The van der Waals surface area contributed by atoms with Gasteiger partial charge in [-0.25, -0.2) is 9.78 Å². The summed E-state index contributed by atoms with van der Waals surface area (Å²) < 4.78 is 0. The van der Waals surface area contributed by atoms with Crippen LogP contribution in [0.15, 0.2) is 35.3 Å². The van der Waals surface area contributed by atoms with Crippen molar-refractivity contribution in [2.45, 2.75) is 38.6 Å². The van der Waals surface area contributed by atoms with E-state index in [9.17, 15) is 19.5 Å². The molecule has 9 heteroatoms. The van der Waals surface area contributed by atoms with Crippen molar-refractivity contribution < 1.29 is 14.7 Å². The predicted octanol–water partition coefficient (Wildman–Crippen LogP) is 2.08. The third-order valence-electron chi connectivity index (χ3n) is 6.87. The topological polar surface area (TPSA) is 131 Å². The van der Waals surface area contributed by atoms with Crippen molar-refractivity contribution in [3.05, 3.63) is 57.6 Å². The van der Waals surface area contributed by atoms with Crippen LogP contribution in [0.25, 0.3) is 11.2 Å². The van der Waals surface area contributed by atoms with Crippen molar-refractivity contribution in [3.8, 4) is 5.75 Å². The quantitative estimate of drug-likeness (QED) is 0.498. The molecule has 1 saturated carbocycles. The Labute approximate surface area is 183 Å². The minimum Gasteiger partial charge on any atom is -0.508 e. The van der Waals surface area contributed by atoms with Crippen molar-refractivity contribution in [1.82, 2.24) is 25.2 Å². The SMILES string of the molecule is Cc1ccc(O)cc1C(=O)N1CC2(CCC2)CC1CNC(=O)c1cnc2[nH]c(=O)[nH]c2c1. The Bertz CT molecular complexity index is 1270. The fourth-order valence-electron chi connectivity index (χ4n) is 4.98. The summed E-state index contributed by atoms with van der Waals surface area (Å²) in [5.74, 6) is -0.363. The van der Waals surface area contributed by atoms with Crippen LogP contribution in [0, 0.1) is 12.3 Å². The van der Waals surface area contributed by atoms with E-state index in [2.05, 4.69) is 20.3 Å². The van der Waals surface area contributed by atoms with Gasteiger partial charge in [0.2, 0.25) is 0 Å². The molecule has 2 fully saturated rings. The predicted molar refractivity (Wildman–Crippen MR) is 118 cm³/mol. The molecule has 32 heavy (non-hydrogen) atoms. The summed E-state index contributed by atoms with van der Waals surface area (Å²) in [6.45, 7) is 2.85. The number of amides is 2. The molecule has 5 rings (SSSR count). The molecule has 3 aromatic rings. The van der Waals surface area contributed by atoms with Gasteiger partial charge in [0.05, 0.1) is 11.1 Å². The van der Waals surface area contributed by atoms with Gasteiger partial charge in [0.15, 0.2) is 5.65 Å². The van der Waals surface area contributed by atoms with Crippen molar-refractivity contribution in [1.29, 1.82) is 0 Å². The van der Waals surface area contributed by atoms with Crippen molar-refractivity contribution in [2.75, 3.05) is 13.1 Å². The first-order valence-corrected chi connectivity index (χ1v) is 10.8. The Hall–Kier alpha value is -3.62. The molecule has 0 radical (unpaired) electrons. The number of carbonyl (C=O) groups is 2. The van der Waals surface area contributed by atoms with Crippen LogP contribution in [0.2, 0.25) is 0 Å². The maximum atomic E-state index is 13.4. The number of imidazole rings is 1. The summed E-state index contributed by atoms with van der Waals surface area (Å²) in [6, 6.07) is 6.28. The van der Waals surface area contributed by atoms with Crippen LogP contribution < -0.4 is 11.0 Å². The Morgan fingerprint density at radius 2 is 2.09 bits per heavy atom. The van der Waals surface area contributed by atoms with E-state index in [1.165, 1.54) is 12.3 Å². The fraction of sp³-hybridized carbons (Fsp3) is 0.391. The lowest BCUT2D eigenvalue weighted by Crippen LogP contribution is -2.43. The molecule has 2 aromatic heterocycles. The Kier molecular flexibility index (Phi) is 4.76. The summed E-state index contributed by atoms with van der Waals surface area (Å²) in [7, 11) is 0. The van der Waals surface area contributed by atoms with Gasteiger partial charge >= 0.3 is 5.69 Å². The molecule has 1 aliphatic carbocycles. The second-order valence-electron chi connectivity index (χ2n) is 9.05. The van der Waals surface area contributed by atoms with Gasteiger partial charge in [0, 0.05) is 30.9 Å². The lowest BCUT2D eigenvalue weighted by molar-refractivity contribution is 0.0685. The molecule has 2 aliphatic rings. The molecule has 1 unspecified atom stereocenters. The lowest BCUT2D eigenvalue weighted by Gasteiger charge is -2.37. The number of H-pyrrole nitrogens is 2. The molecule has 1 atom stereocenters. The van der Waals surface area contributed by atoms with E-state index in [1.54, 1.807) is 18.2 Å². The number of aromatic hydroxyl groups is 1. The molecule has 1 saturated heterocycles. The van der Waals surface area contributed by atoms with Gasteiger partial charge in [-0.1, -0.05) is 12.5 Å². The number of rotatable bonds is 4. The van der Waals surface area contributed by atoms with E-state index in [0.29, 0.717) is 35.4 Å². The fourth-order valence-corrected chi connectivity index (χ4v) is 4.98. The number of phenolic OH excluding ortho intramolecular Hbond substituents is 1. The highest BCUT2D eigenvalue weighted by molar-refractivity contribution is 5.97. The standard InChI is InChI=1S/C23H25N5O4/c1-13-3-4-16(29)8-17(13)21(31)28-12-23(5-2-6-23)9-15(28)11-25-20(30)14-7-18-19(24-10-14)27-22(32)26-18/h3-4,7-8,10,15,29H,2,5-6,9,11-12H2,1H3,(H,25,30)(H2,24,26,27,32). The number of aryl methyl sites for hydroxylation is 1. The van der Waals surface area contributed by atoms with E-state index in [0.717, 1.165) is 31.2 Å². The van der Waals surface area contributed by atoms with E-state index in [4.69, 9.17) is 0 Å². The van der Waals surface area contributed by atoms with Gasteiger partial charge in [-0.3, -0.25) is 14.6 Å². The Morgan fingerprint density at radius 3 is 2.84 bits per heavy atom. The first-order chi connectivity index (χ1) is 15.3. The van der Waals surface area contributed by atoms with E-state index < -0.39 is 0 Å². The van der Waals surface area contributed by atoms with Crippen LogP contribution in [0.4, 0.5) is 0 Å². The van der Waals surface area contributed by atoms with Gasteiger partial charge in [0.25, 0.3) is 11.8 Å². The second-order valence-corrected chi connectivity index (χ2v) is 9.05. The zero-order chi connectivity index (χ0) is 22.5. The van der Waals surface area contributed by atoms with Crippen LogP contribution in [0.3, 0.4) is 0 Å². The normalized spacial score (nSPS) is 19.3. The first kappa shape index (κ1) is 20.3. The van der Waals surface area contributed by atoms with Crippen molar-refractivity contribution in [3.63, 3.8) is 0 Å². The molecule has 166 valence electrons. The number of phenols is 1. The third-order valence-corrected chi connectivity index (χ3v) is 6.87. The summed E-state index contributed by atoms with van der Waals surface area (Å²) in [5, 5.41) is 12.8. The van der Waals surface area contributed by atoms with E-state index >= 15 is 0 Å². The highest BCUT2D eigenvalue weighted by Gasteiger charge is 2.49. The number of benzene rings is 1. The van der Waals surface area contributed by atoms with Gasteiger partial charge in [-0.15, -0.1) is 0 Å². The molecular weight excluding hydrogens is 410 g/mol. The van der Waals surface area contributed by atoms with Crippen LogP contribution >= 0.6 is 0 Å². The van der Waals surface area contributed by atoms with Gasteiger partial charge in [-0.05, 0) is 55.4 Å².